The van der Waals surface area contributed by atoms with Gasteiger partial charge in [0.2, 0.25) is 0 Å². The van der Waals surface area contributed by atoms with Crippen molar-refractivity contribution >= 4 is 44.4 Å². The SMILES string of the molecule is CCSc1ccc(C(=O)N(CCN2CCOCC2)c2nc3ccc(OC)cc3s2)cc1. The van der Waals surface area contributed by atoms with Crippen molar-refractivity contribution in [1.82, 2.24) is 9.88 Å². The number of aromatic nitrogens is 1. The van der Waals surface area contributed by atoms with Gasteiger partial charge in [-0.2, -0.15) is 0 Å². The number of hydrogen-bond donors (Lipinski definition) is 0. The lowest BCUT2D eigenvalue weighted by molar-refractivity contribution is 0.0391. The summed E-state index contributed by atoms with van der Waals surface area (Å²) in [6.07, 6.45) is 0. The number of anilines is 1. The lowest BCUT2D eigenvalue weighted by Gasteiger charge is -2.29. The molecule has 0 aliphatic carbocycles. The molecule has 0 atom stereocenters. The molecule has 2 heterocycles. The van der Waals surface area contributed by atoms with Crippen molar-refractivity contribution in [2.75, 3.05) is 57.2 Å². The third kappa shape index (κ3) is 5.38. The van der Waals surface area contributed by atoms with Crippen LogP contribution in [0.1, 0.15) is 17.3 Å². The minimum Gasteiger partial charge on any atom is -0.497 e. The van der Waals surface area contributed by atoms with E-state index >= 15 is 0 Å². The number of hydrogen-bond acceptors (Lipinski definition) is 7. The molecule has 1 saturated heterocycles. The van der Waals surface area contributed by atoms with Gasteiger partial charge in [0.05, 0.1) is 30.5 Å². The second-order valence-electron chi connectivity index (χ2n) is 7.20. The van der Waals surface area contributed by atoms with Crippen LogP contribution < -0.4 is 9.64 Å². The van der Waals surface area contributed by atoms with Crippen LogP contribution >= 0.6 is 23.1 Å². The highest BCUT2D eigenvalue weighted by atomic mass is 32.2. The predicted molar refractivity (Wildman–Crippen MR) is 128 cm³/mol. The predicted octanol–water partition coefficient (Wildman–Crippen LogP) is 4.40. The number of thioether (sulfide) groups is 1. The summed E-state index contributed by atoms with van der Waals surface area (Å²) in [5.41, 5.74) is 1.55. The zero-order valence-electron chi connectivity index (χ0n) is 17.9. The highest BCUT2D eigenvalue weighted by Gasteiger charge is 2.23. The van der Waals surface area contributed by atoms with Crippen LogP contribution in [-0.2, 0) is 4.74 Å². The van der Waals surface area contributed by atoms with Gasteiger partial charge in [-0.15, -0.1) is 11.8 Å². The van der Waals surface area contributed by atoms with E-state index in [1.807, 2.05) is 47.4 Å². The first-order chi connectivity index (χ1) is 15.2. The van der Waals surface area contributed by atoms with Gasteiger partial charge in [0.15, 0.2) is 5.13 Å². The highest BCUT2D eigenvalue weighted by molar-refractivity contribution is 7.99. The van der Waals surface area contributed by atoms with Crippen LogP contribution in [-0.4, -0.2) is 68.0 Å². The number of amides is 1. The molecule has 0 N–H and O–H groups in total. The van der Waals surface area contributed by atoms with Gasteiger partial charge in [-0.25, -0.2) is 4.98 Å². The molecule has 1 amide bonds. The molecule has 1 fully saturated rings. The molecule has 3 aromatic rings. The Bertz CT molecular complexity index is 1020. The van der Waals surface area contributed by atoms with Gasteiger partial charge in [0, 0.05) is 36.6 Å². The lowest BCUT2D eigenvalue weighted by Crippen LogP contribution is -2.43. The number of carbonyl (C=O) groups excluding carboxylic acids is 1. The first-order valence-corrected chi connectivity index (χ1v) is 12.3. The van der Waals surface area contributed by atoms with Gasteiger partial charge in [0.1, 0.15) is 5.75 Å². The fraction of sp³-hybridized carbons (Fsp3) is 0.391. The van der Waals surface area contributed by atoms with Crippen LogP contribution in [0.2, 0.25) is 0 Å². The molecule has 1 aromatic heterocycles. The Labute approximate surface area is 191 Å². The summed E-state index contributed by atoms with van der Waals surface area (Å²) in [7, 11) is 1.65. The molecule has 1 aliphatic heterocycles. The van der Waals surface area contributed by atoms with E-state index in [9.17, 15) is 4.79 Å². The number of ether oxygens (including phenoxy) is 2. The number of rotatable bonds is 8. The summed E-state index contributed by atoms with van der Waals surface area (Å²) in [5, 5.41) is 0.716. The van der Waals surface area contributed by atoms with E-state index in [1.165, 1.54) is 16.2 Å². The number of morpholine rings is 1. The van der Waals surface area contributed by atoms with Gasteiger partial charge in [-0.05, 0) is 48.2 Å². The number of methoxy groups -OCH3 is 1. The van der Waals surface area contributed by atoms with Crippen molar-refractivity contribution in [2.24, 2.45) is 0 Å². The fourth-order valence-corrected chi connectivity index (χ4v) is 5.18. The molecule has 6 nitrogen and oxygen atoms in total. The molecule has 0 radical (unpaired) electrons. The van der Waals surface area contributed by atoms with Crippen molar-refractivity contribution in [3.63, 3.8) is 0 Å². The second-order valence-corrected chi connectivity index (χ2v) is 9.54. The first kappa shape index (κ1) is 22.1. The maximum atomic E-state index is 13.5. The molecular formula is C23H27N3O3S2. The third-order valence-corrected chi connectivity index (χ3v) is 7.15. The molecular weight excluding hydrogens is 430 g/mol. The number of carbonyl (C=O) groups is 1. The molecule has 31 heavy (non-hydrogen) atoms. The van der Waals surface area contributed by atoms with E-state index in [0.717, 1.165) is 54.6 Å². The molecule has 4 rings (SSSR count). The average molecular weight is 458 g/mol. The van der Waals surface area contributed by atoms with Crippen LogP contribution in [0.25, 0.3) is 10.2 Å². The van der Waals surface area contributed by atoms with Crippen molar-refractivity contribution < 1.29 is 14.3 Å². The van der Waals surface area contributed by atoms with Crippen molar-refractivity contribution in [3.8, 4) is 5.75 Å². The van der Waals surface area contributed by atoms with Crippen molar-refractivity contribution in [2.45, 2.75) is 11.8 Å². The Morgan fingerprint density at radius 3 is 2.71 bits per heavy atom. The second kappa shape index (κ2) is 10.5. The van der Waals surface area contributed by atoms with Crippen LogP contribution in [0.15, 0.2) is 47.4 Å². The van der Waals surface area contributed by atoms with Crippen LogP contribution in [0.5, 0.6) is 5.75 Å². The normalized spacial score (nSPS) is 14.6. The van der Waals surface area contributed by atoms with Crippen LogP contribution in [0, 0.1) is 0 Å². The first-order valence-electron chi connectivity index (χ1n) is 10.5. The number of thiazole rings is 1. The van der Waals surface area contributed by atoms with Gasteiger partial charge >= 0.3 is 0 Å². The quantitative estimate of drug-likeness (QED) is 0.468. The molecule has 2 aromatic carbocycles. The van der Waals surface area contributed by atoms with E-state index < -0.39 is 0 Å². The molecule has 164 valence electrons. The molecule has 0 saturated carbocycles. The van der Waals surface area contributed by atoms with Gasteiger partial charge < -0.3 is 9.47 Å². The smallest absolute Gasteiger partial charge is 0.260 e. The zero-order chi connectivity index (χ0) is 21.6. The molecule has 8 heteroatoms. The molecule has 0 spiro atoms. The van der Waals surface area contributed by atoms with Crippen molar-refractivity contribution in [1.29, 1.82) is 0 Å². The summed E-state index contributed by atoms with van der Waals surface area (Å²) < 4.78 is 11.8. The monoisotopic (exact) mass is 457 g/mol. The Hall–Kier alpha value is -2.13. The Morgan fingerprint density at radius 2 is 2.00 bits per heavy atom. The Balaban J connectivity index is 1.60. The number of fused-ring (bicyclic) bond motifs is 1. The number of nitrogens with zero attached hydrogens (tertiary/aromatic N) is 3. The summed E-state index contributed by atoms with van der Waals surface area (Å²) in [4.78, 5) is 23.6. The molecule has 1 aliphatic rings. The van der Waals surface area contributed by atoms with E-state index in [2.05, 4.69) is 11.8 Å². The topological polar surface area (TPSA) is 54.9 Å². The summed E-state index contributed by atoms with van der Waals surface area (Å²) in [5.74, 6) is 1.78. The Kier molecular flexibility index (Phi) is 7.45. The highest BCUT2D eigenvalue weighted by Crippen LogP contribution is 2.32. The maximum absolute atomic E-state index is 13.5. The summed E-state index contributed by atoms with van der Waals surface area (Å²) >= 11 is 3.29. The van der Waals surface area contributed by atoms with Crippen LogP contribution in [0.4, 0.5) is 5.13 Å². The van der Waals surface area contributed by atoms with E-state index in [0.29, 0.717) is 17.2 Å². The Morgan fingerprint density at radius 1 is 1.23 bits per heavy atom. The summed E-state index contributed by atoms with van der Waals surface area (Å²) in [6, 6.07) is 13.7. The standard InChI is InChI=1S/C23H27N3O3S2/c1-3-30-19-7-4-17(5-8-19)22(27)26(11-10-25-12-14-29-15-13-25)23-24-20-9-6-18(28-2)16-21(20)31-23/h4-9,16H,3,10-15H2,1-2H3. The number of benzene rings is 2. The van der Waals surface area contributed by atoms with Crippen molar-refractivity contribution in [3.05, 3.63) is 48.0 Å². The molecule has 0 bridgehead atoms. The largest absolute Gasteiger partial charge is 0.497 e. The van der Waals surface area contributed by atoms with Gasteiger partial charge in [-0.3, -0.25) is 14.6 Å². The lowest BCUT2D eigenvalue weighted by atomic mass is 10.2. The fourth-order valence-electron chi connectivity index (χ4n) is 3.50. The minimum absolute atomic E-state index is 0.0210. The van der Waals surface area contributed by atoms with E-state index in [1.54, 1.807) is 18.9 Å². The maximum Gasteiger partial charge on any atom is 0.260 e. The minimum atomic E-state index is -0.0210. The molecule has 0 unspecified atom stereocenters. The third-order valence-electron chi connectivity index (χ3n) is 5.22. The van der Waals surface area contributed by atoms with Gasteiger partial charge in [-0.1, -0.05) is 18.3 Å². The average Bonchev–Trinajstić information content (AvgIpc) is 3.23. The van der Waals surface area contributed by atoms with E-state index in [-0.39, 0.29) is 5.91 Å². The van der Waals surface area contributed by atoms with Gasteiger partial charge in [0.25, 0.3) is 5.91 Å². The zero-order valence-corrected chi connectivity index (χ0v) is 19.5. The van der Waals surface area contributed by atoms with Crippen LogP contribution in [0.3, 0.4) is 0 Å². The summed E-state index contributed by atoms with van der Waals surface area (Å²) in [6.45, 7) is 6.76. The van der Waals surface area contributed by atoms with E-state index in [4.69, 9.17) is 14.5 Å².